The Bertz CT molecular complexity index is 1300. The minimum Gasteiger partial charge on any atom is -0.497 e. The Morgan fingerprint density at radius 3 is 2.56 bits per heavy atom. The molecule has 0 aliphatic carbocycles. The van der Waals surface area contributed by atoms with Crippen LogP contribution in [0, 0.1) is 13.8 Å². The van der Waals surface area contributed by atoms with Crippen LogP contribution in [0.4, 0.5) is 5.69 Å². The number of carbonyl (C=O) groups is 2. The second-order valence-electron chi connectivity index (χ2n) is 7.47. The highest BCUT2D eigenvalue weighted by Crippen LogP contribution is 2.33. The molecule has 6 nitrogen and oxygen atoms in total. The molecule has 6 heteroatoms. The molecule has 0 spiro atoms. The second kappa shape index (κ2) is 8.98. The Morgan fingerprint density at radius 1 is 0.969 bits per heavy atom. The summed E-state index contributed by atoms with van der Waals surface area (Å²) in [6.45, 7) is 3.72. The van der Waals surface area contributed by atoms with Crippen molar-refractivity contribution >= 4 is 28.3 Å². The van der Waals surface area contributed by atoms with E-state index in [2.05, 4.69) is 5.32 Å². The van der Waals surface area contributed by atoms with Gasteiger partial charge in [0.15, 0.2) is 12.4 Å². The molecule has 0 unspecified atom stereocenters. The van der Waals surface area contributed by atoms with E-state index in [0.717, 1.165) is 11.1 Å². The first kappa shape index (κ1) is 21.2. The molecule has 0 saturated heterocycles. The van der Waals surface area contributed by atoms with Crippen LogP contribution in [0.5, 0.6) is 11.5 Å². The lowest BCUT2D eigenvalue weighted by atomic mass is 10.1. The molecule has 32 heavy (non-hydrogen) atoms. The SMILES string of the molecule is COc1cccc(C(=O)c2oc3ccccc3c2NC(=O)COc2ccc(C)cc2C)c1. The van der Waals surface area contributed by atoms with Crippen LogP contribution in [-0.4, -0.2) is 25.4 Å². The molecule has 3 aromatic carbocycles. The number of amides is 1. The van der Waals surface area contributed by atoms with Gasteiger partial charge < -0.3 is 19.2 Å². The number of fused-ring (bicyclic) bond motifs is 1. The number of furan rings is 1. The van der Waals surface area contributed by atoms with Crippen molar-refractivity contribution in [3.63, 3.8) is 0 Å². The Morgan fingerprint density at radius 2 is 1.78 bits per heavy atom. The number of hydrogen-bond acceptors (Lipinski definition) is 5. The lowest BCUT2D eigenvalue weighted by Crippen LogP contribution is -2.21. The molecular weight excluding hydrogens is 406 g/mol. The quantitative estimate of drug-likeness (QED) is 0.403. The Kier molecular flexibility index (Phi) is 5.94. The minimum absolute atomic E-state index is 0.0549. The number of ether oxygens (including phenoxy) is 2. The van der Waals surface area contributed by atoms with Crippen LogP contribution in [0.3, 0.4) is 0 Å². The standard InChI is InChI=1S/C26H23NO5/c1-16-11-12-21(17(2)13-16)31-15-23(28)27-24-20-9-4-5-10-22(20)32-26(24)25(29)18-7-6-8-19(14-18)30-3/h4-14H,15H2,1-3H3,(H,27,28). The summed E-state index contributed by atoms with van der Waals surface area (Å²) in [6, 6.07) is 19.7. The van der Waals surface area contributed by atoms with Gasteiger partial charge in [0.05, 0.1) is 12.8 Å². The van der Waals surface area contributed by atoms with Crippen LogP contribution in [0.15, 0.2) is 71.1 Å². The third kappa shape index (κ3) is 4.34. The van der Waals surface area contributed by atoms with Crippen molar-refractivity contribution in [2.24, 2.45) is 0 Å². The largest absolute Gasteiger partial charge is 0.497 e. The molecule has 162 valence electrons. The van der Waals surface area contributed by atoms with Crippen molar-refractivity contribution in [1.29, 1.82) is 0 Å². The molecule has 0 aliphatic heterocycles. The first-order chi connectivity index (χ1) is 15.5. The third-order valence-corrected chi connectivity index (χ3v) is 5.09. The lowest BCUT2D eigenvalue weighted by molar-refractivity contribution is -0.118. The summed E-state index contributed by atoms with van der Waals surface area (Å²) >= 11 is 0. The topological polar surface area (TPSA) is 77.8 Å². The lowest BCUT2D eigenvalue weighted by Gasteiger charge is -2.10. The molecule has 0 atom stereocenters. The summed E-state index contributed by atoms with van der Waals surface area (Å²) in [5.74, 6) is 0.496. The van der Waals surface area contributed by atoms with Crippen LogP contribution in [0.25, 0.3) is 11.0 Å². The number of methoxy groups -OCH3 is 1. The summed E-state index contributed by atoms with van der Waals surface area (Å²) in [5.41, 5.74) is 3.28. The highest BCUT2D eigenvalue weighted by Gasteiger charge is 2.24. The van der Waals surface area contributed by atoms with Gasteiger partial charge in [-0.1, -0.05) is 42.0 Å². The summed E-state index contributed by atoms with van der Waals surface area (Å²) in [4.78, 5) is 25.9. The fourth-order valence-electron chi connectivity index (χ4n) is 3.50. The maximum atomic E-state index is 13.2. The summed E-state index contributed by atoms with van der Waals surface area (Å²) in [7, 11) is 1.53. The van der Waals surface area contributed by atoms with E-state index in [1.165, 1.54) is 7.11 Å². The fraction of sp³-hybridized carbons (Fsp3) is 0.154. The van der Waals surface area contributed by atoms with Gasteiger partial charge in [-0.3, -0.25) is 9.59 Å². The van der Waals surface area contributed by atoms with E-state index in [9.17, 15) is 9.59 Å². The highest BCUT2D eigenvalue weighted by molar-refractivity contribution is 6.17. The van der Waals surface area contributed by atoms with Gasteiger partial charge in [0, 0.05) is 10.9 Å². The van der Waals surface area contributed by atoms with E-state index >= 15 is 0 Å². The van der Waals surface area contributed by atoms with E-state index in [4.69, 9.17) is 13.9 Å². The monoisotopic (exact) mass is 429 g/mol. The third-order valence-electron chi connectivity index (χ3n) is 5.09. The Labute approximate surface area is 185 Å². The summed E-state index contributed by atoms with van der Waals surface area (Å²) in [6.07, 6.45) is 0. The van der Waals surface area contributed by atoms with Crippen molar-refractivity contribution in [3.05, 3.63) is 89.2 Å². The van der Waals surface area contributed by atoms with E-state index in [1.807, 2.05) is 38.1 Å². The molecule has 4 aromatic rings. The minimum atomic E-state index is -0.392. The molecule has 0 radical (unpaired) electrons. The van der Waals surface area contributed by atoms with Crippen LogP contribution >= 0.6 is 0 Å². The Balaban J connectivity index is 1.61. The number of benzene rings is 3. The predicted molar refractivity (Wildman–Crippen MR) is 123 cm³/mol. The maximum Gasteiger partial charge on any atom is 0.262 e. The number of ketones is 1. The first-order valence-corrected chi connectivity index (χ1v) is 10.2. The van der Waals surface area contributed by atoms with Crippen LogP contribution in [-0.2, 0) is 4.79 Å². The smallest absolute Gasteiger partial charge is 0.262 e. The number of carbonyl (C=O) groups excluding carboxylic acids is 2. The van der Waals surface area contributed by atoms with Gasteiger partial charge >= 0.3 is 0 Å². The van der Waals surface area contributed by atoms with Crippen molar-refractivity contribution in [2.45, 2.75) is 13.8 Å². The van der Waals surface area contributed by atoms with Crippen molar-refractivity contribution in [1.82, 2.24) is 0 Å². The number of aryl methyl sites for hydroxylation is 2. The van der Waals surface area contributed by atoms with E-state index in [0.29, 0.717) is 33.7 Å². The molecule has 4 rings (SSSR count). The normalized spacial score (nSPS) is 10.7. The van der Waals surface area contributed by atoms with Crippen molar-refractivity contribution < 1.29 is 23.5 Å². The van der Waals surface area contributed by atoms with Gasteiger partial charge in [0.25, 0.3) is 5.91 Å². The van der Waals surface area contributed by atoms with Gasteiger partial charge in [-0.15, -0.1) is 0 Å². The zero-order valence-corrected chi connectivity index (χ0v) is 18.1. The molecular formula is C26H23NO5. The average molecular weight is 429 g/mol. The zero-order chi connectivity index (χ0) is 22.7. The van der Waals surface area contributed by atoms with Gasteiger partial charge in [0.1, 0.15) is 17.1 Å². The summed E-state index contributed by atoms with van der Waals surface area (Å²) in [5, 5.41) is 3.44. The molecule has 1 amide bonds. The molecule has 1 heterocycles. The average Bonchev–Trinajstić information content (AvgIpc) is 3.16. The number of hydrogen-bond donors (Lipinski definition) is 1. The molecule has 1 aromatic heterocycles. The van der Waals surface area contributed by atoms with E-state index in [1.54, 1.807) is 42.5 Å². The highest BCUT2D eigenvalue weighted by atomic mass is 16.5. The maximum absolute atomic E-state index is 13.2. The molecule has 1 N–H and O–H groups in total. The van der Waals surface area contributed by atoms with Crippen molar-refractivity contribution in [3.8, 4) is 11.5 Å². The molecule has 0 saturated carbocycles. The van der Waals surface area contributed by atoms with Crippen LogP contribution in [0.2, 0.25) is 0 Å². The van der Waals surface area contributed by atoms with Gasteiger partial charge in [-0.25, -0.2) is 0 Å². The molecule has 0 aliphatic rings. The molecule has 0 fully saturated rings. The number of para-hydroxylation sites is 1. The summed E-state index contributed by atoms with van der Waals surface area (Å²) < 4.78 is 16.7. The van der Waals surface area contributed by atoms with Crippen LogP contribution < -0.4 is 14.8 Å². The van der Waals surface area contributed by atoms with Gasteiger partial charge in [-0.05, 0) is 49.7 Å². The fourth-order valence-corrected chi connectivity index (χ4v) is 3.50. The van der Waals surface area contributed by atoms with E-state index in [-0.39, 0.29) is 18.2 Å². The predicted octanol–water partition coefficient (Wildman–Crippen LogP) is 5.31. The number of rotatable bonds is 7. The molecule has 0 bridgehead atoms. The van der Waals surface area contributed by atoms with Gasteiger partial charge in [0.2, 0.25) is 5.78 Å². The second-order valence-corrected chi connectivity index (χ2v) is 7.47. The zero-order valence-electron chi connectivity index (χ0n) is 18.1. The Hall–Kier alpha value is -4.06. The van der Waals surface area contributed by atoms with Crippen molar-refractivity contribution in [2.75, 3.05) is 19.0 Å². The van der Waals surface area contributed by atoms with Crippen LogP contribution in [0.1, 0.15) is 27.2 Å². The first-order valence-electron chi connectivity index (χ1n) is 10.2. The van der Waals surface area contributed by atoms with Gasteiger partial charge in [-0.2, -0.15) is 0 Å². The number of nitrogens with one attached hydrogen (secondary N) is 1. The number of anilines is 1. The van der Waals surface area contributed by atoms with E-state index < -0.39 is 5.91 Å².